The molecule has 1 aromatic heterocycles. The average Bonchev–Trinajstić information content (AvgIpc) is 3.29. The highest BCUT2D eigenvalue weighted by Gasteiger charge is 2.38. The van der Waals surface area contributed by atoms with E-state index in [2.05, 4.69) is 9.62 Å². The summed E-state index contributed by atoms with van der Waals surface area (Å²) in [6.45, 7) is 3.99. The Balaban J connectivity index is 0.000000944. The molecule has 0 saturated carbocycles. The van der Waals surface area contributed by atoms with Crippen molar-refractivity contribution in [3.05, 3.63) is 59.0 Å². The van der Waals surface area contributed by atoms with Gasteiger partial charge < -0.3 is 33.7 Å². The summed E-state index contributed by atoms with van der Waals surface area (Å²) >= 11 is 0. The zero-order chi connectivity index (χ0) is 38.8. The molecule has 0 unspecified atom stereocenters. The van der Waals surface area contributed by atoms with Gasteiger partial charge in [-0.1, -0.05) is 6.92 Å². The summed E-state index contributed by atoms with van der Waals surface area (Å²) in [5, 5.41) is 7.12. The number of carboxylic acid groups (broad SMARTS) is 1. The number of anilines is 1. The summed E-state index contributed by atoms with van der Waals surface area (Å²) in [6, 6.07) is 12.8. The predicted molar refractivity (Wildman–Crippen MR) is 188 cm³/mol. The third-order valence-corrected chi connectivity index (χ3v) is 8.71. The molecule has 0 aliphatic carbocycles. The molecule has 0 saturated heterocycles. The van der Waals surface area contributed by atoms with Crippen molar-refractivity contribution in [3.63, 3.8) is 0 Å². The normalized spacial score (nSPS) is 11.5. The molecular weight excluding hydrogens is 713 g/mol. The zero-order valence-electron chi connectivity index (χ0n) is 29.9. The molecule has 14 nitrogen and oxygen atoms in total. The van der Waals surface area contributed by atoms with Crippen molar-refractivity contribution in [2.45, 2.75) is 37.3 Å². The number of aryl methyl sites for hydroxylation is 2. The van der Waals surface area contributed by atoms with Crippen LogP contribution in [0.25, 0.3) is 11.0 Å². The summed E-state index contributed by atoms with van der Waals surface area (Å²) in [5.41, 5.74) is 0.934. The second-order valence-electron chi connectivity index (χ2n) is 11.6. The second-order valence-corrected chi connectivity index (χ2v) is 13.3. The van der Waals surface area contributed by atoms with Crippen LogP contribution in [-0.4, -0.2) is 87.8 Å². The van der Waals surface area contributed by atoms with Crippen LogP contribution in [0.2, 0.25) is 0 Å². The number of methoxy groups -OCH3 is 2. The molecular formula is C34H43F3N4O10S. The number of carboxylic acids is 1. The maximum Gasteiger partial charge on any atom is 0.490 e. The number of fused-ring (bicyclic) bond motifs is 1. The van der Waals surface area contributed by atoms with Crippen LogP contribution in [0.1, 0.15) is 26.2 Å². The Bertz CT molecular complexity index is 2010. The number of hydrogen-bond acceptors (Lipinski definition) is 10. The highest BCUT2D eigenvalue weighted by Crippen LogP contribution is 2.38. The van der Waals surface area contributed by atoms with Crippen LogP contribution in [0.15, 0.2) is 58.2 Å². The van der Waals surface area contributed by atoms with Crippen molar-refractivity contribution in [3.8, 4) is 34.5 Å². The fourth-order valence-corrected chi connectivity index (χ4v) is 5.79. The Morgan fingerprint density at radius 3 is 1.94 bits per heavy atom. The average molecular weight is 757 g/mol. The lowest BCUT2D eigenvalue weighted by atomic mass is 10.2. The quantitative estimate of drug-likeness (QED) is 0.137. The smallest absolute Gasteiger partial charge is 0.490 e. The summed E-state index contributed by atoms with van der Waals surface area (Å²) in [6.07, 6.45) is -2.41. The number of nitrogens with zero attached hydrogens (tertiary/aromatic N) is 3. The third-order valence-electron chi connectivity index (χ3n) is 7.35. The summed E-state index contributed by atoms with van der Waals surface area (Å²) in [7, 11) is 6.09. The van der Waals surface area contributed by atoms with E-state index in [1.54, 1.807) is 44.4 Å². The van der Waals surface area contributed by atoms with Crippen molar-refractivity contribution in [2.75, 3.05) is 52.8 Å². The SMILES string of the molecule is CCCOc1cc(OCCCCN(C)C)cc(Oc2cc3c(cc2NS(=O)(=O)c2ccc(OC)c(OC)c2)n(C)c(=O)n3C)c1.O=C(O)C(F)(F)F. The minimum atomic E-state index is -5.08. The van der Waals surface area contributed by atoms with E-state index in [1.807, 2.05) is 21.0 Å². The number of aromatic nitrogens is 2. The number of unbranched alkanes of at least 4 members (excludes halogenated alkanes) is 1. The molecule has 4 aromatic rings. The van der Waals surface area contributed by atoms with Crippen molar-refractivity contribution in [1.82, 2.24) is 14.0 Å². The number of hydrogen-bond donors (Lipinski definition) is 2. The van der Waals surface area contributed by atoms with Gasteiger partial charge in [0.25, 0.3) is 10.0 Å². The van der Waals surface area contributed by atoms with E-state index in [0.717, 1.165) is 25.8 Å². The van der Waals surface area contributed by atoms with Gasteiger partial charge >= 0.3 is 17.8 Å². The molecule has 2 N–H and O–H groups in total. The van der Waals surface area contributed by atoms with Gasteiger partial charge in [0.05, 0.1) is 49.0 Å². The van der Waals surface area contributed by atoms with Gasteiger partial charge in [0.1, 0.15) is 17.2 Å². The van der Waals surface area contributed by atoms with Gasteiger partial charge in [-0.25, -0.2) is 18.0 Å². The Kier molecular flexibility index (Phi) is 14.2. The summed E-state index contributed by atoms with van der Waals surface area (Å²) in [5.74, 6) is -0.441. The molecule has 0 amide bonds. The molecule has 0 spiro atoms. The molecule has 286 valence electrons. The standard InChI is InChI=1S/C32H42N4O8S.C2HF3O2/c1-8-14-42-22-16-23(43-15-10-9-13-34(2)3)18-24(17-22)44-30-21-28-27(35(4)32(37)36(28)5)20-26(30)33-45(38,39)25-11-12-29(40-6)31(19-25)41-7;3-2(4,5)1(6)7/h11-12,16-21,33H,8-10,13-15H2,1-7H3;(H,6,7). The highest BCUT2D eigenvalue weighted by molar-refractivity contribution is 7.92. The Labute approximate surface area is 299 Å². The first-order valence-corrected chi connectivity index (χ1v) is 17.4. The predicted octanol–water partition coefficient (Wildman–Crippen LogP) is 5.63. The first kappa shape index (κ1) is 41.3. The maximum atomic E-state index is 13.6. The van der Waals surface area contributed by atoms with Gasteiger partial charge in [-0.3, -0.25) is 13.9 Å². The van der Waals surface area contributed by atoms with E-state index in [-0.39, 0.29) is 27.8 Å². The van der Waals surface area contributed by atoms with Gasteiger partial charge in [-0.15, -0.1) is 0 Å². The lowest BCUT2D eigenvalue weighted by molar-refractivity contribution is -0.192. The lowest BCUT2D eigenvalue weighted by Gasteiger charge is -2.17. The van der Waals surface area contributed by atoms with E-state index in [0.29, 0.717) is 47.2 Å². The zero-order valence-corrected chi connectivity index (χ0v) is 30.7. The molecule has 0 aliphatic rings. The van der Waals surface area contributed by atoms with Crippen LogP contribution in [0, 0.1) is 0 Å². The van der Waals surface area contributed by atoms with Crippen molar-refractivity contribution >= 4 is 32.7 Å². The number of benzene rings is 3. The van der Waals surface area contributed by atoms with Gasteiger partial charge in [0.2, 0.25) is 0 Å². The number of imidazole rings is 1. The first-order chi connectivity index (χ1) is 24.4. The van der Waals surface area contributed by atoms with Gasteiger partial charge in [-0.05, 0) is 58.1 Å². The summed E-state index contributed by atoms with van der Waals surface area (Å²) < 4.78 is 93.4. The first-order valence-electron chi connectivity index (χ1n) is 15.9. The topological polar surface area (TPSA) is 160 Å². The number of nitrogens with one attached hydrogen (secondary N) is 1. The fourth-order valence-electron chi connectivity index (χ4n) is 4.72. The Hall–Kier alpha value is -5.10. The molecule has 0 fully saturated rings. The number of halogens is 3. The van der Waals surface area contributed by atoms with Crippen LogP contribution < -0.4 is 34.1 Å². The van der Waals surface area contributed by atoms with E-state index >= 15 is 0 Å². The number of carbonyl (C=O) groups is 1. The monoisotopic (exact) mass is 756 g/mol. The Morgan fingerprint density at radius 2 is 1.40 bits per heavy atom. The largest absolute Gasteiger partial charge is 0.493 e. The number of aliphatic carboxylic acids is 1. The van der Waals surface area contributed by atoms with Crippen LogP contribution in [0.4, 0.5) is 18.9 Å². The number of sulfonamides is 1. The number of ether oxygens (including phenoxy) is 5. The molecule has 0 bridgehead atoms. The molecule has 4 rings (SSSR count). The number of rotatable bonds is 16. The van der Waals surface area contributed by atoms with Crippen molar-refractivity contribution < 1.29 is 55.2 Å². The molecule has 52 heavy (non-hydrogen) atoms. The van der Waals surface area contributed by atoms with E-state index in [1.165, 1.54) is 41.6 Å². The molecule has 18 heteroatoms. The molecule has 0 aliphatic heterocycles. The molecule has 1 heterocycles. The number of alkyl halides is 3. The third kappa shape index (κ3) is 10.9. The van der Waals surface area contributed by atoms with Crippen molar-refractivity contribution in [2.24, 2.45) is 14.1 Å². The van der Waals surface area contributed by atoms with E-state index < -0.39 is 22.2 Å². The van der Waals surface area contributed by atoms with Gasteiger partial charge in [-0.2, -0.15) is 13.2 Å². The van der Waals surface area contributed by atoms with Crippen LogP contribution in [0.5, 0.6) is 34.5 Å². The minimum Gasteiger partial charge on any atom is -0.493 e. The second kappa shape index (κ2) is 17.9. The van der Waals surface area contributed by atoms with Crippen molar-refractivity contribution in [1.29, 1.82) is 0 Å². The maximum absolute atomic E-state index is 13.6. The van der Waals surface area contributed by atoms with Gasteiger partial charge in [0, 0.05) is 44.4 Å². The molecule has 0 atom stereocenters. The summed E-state index contributed by atoms with van der Waals surface area (Å²) in [4.78, 5) is 23.7. The minimum absolute atomic E-state index is 0.0481. The van der Waals surface area contributed by atoms with E-state index in [4.69, 9.17) is 33.6 Å². The van der Waals surface area contributed by atoms with Crippen LogP contribution in [0.3, 0.4) is 0 Å². The highest BCUT2D eigenvalue weighted by atomic mass is 32.2. The molecule has 0 radical (unpaired) electrons. The lowest BCUT2D eigenvalue weighted by Crippen LogP contribution is -2.21. The van der Waals surface area contributed by atoms with Crippen LogP contribution in [-0.2, 0) is 28.9 Å². The molecule has 3 aromatic carbocycles. The van der Waals surface area contributed by atoms with E-state index in [9.17, 15) is 26.4 Å². The van der Waals surface area contributed by atoms with Crippen LogP contribution >= 0.6 is 0 Å². The van der Waals surface area contributed by atoms with Gasteiger partial charge in [0.15, 0.2) is 17.2 Å². The fraction of sp³-hybridized carbons (Fsp3) is 0.412. The Morgan fingerprint density at radius 1 is 0.846 bits per heavy atom.